The molecule has 5 aromatic rings. The second-order valence-corrected chi connectivity index (χ2v) is 12.5. The maximum absolute atomic E-state index is 13.4. The van der Waals surface area contributed by atoms with Crippen LogP contribution in [-0.2, 0) is 21.4 Å². The summed E-state index contributed by atoms with van der Waals surface area (Å²) in [5.41, 5.74) is 10.1. The lowest BCUT2D eigenvalue weighted by Crippen LogP contribution is -2.30. The van der Waals surface area contributed by atoms with Crippen LogP contribution in [-0.4, -0.2) is 30.7 Å². The molecule has 0 spiro atoms. The van der Waals surface area contributed by atoms with Crippen molar-refractivity contribution in [1.82, 2.24) is 14.5 Å². The normalized spacial score (nSPS) is 11.5. The average Bonchev–Trinajstić information content (AvgIpc) is 3.03. The largest absolute Gasteiger partial charge is 0.330 e. The van der Waals surface area contributed by atoms with E-state index in [4.69, 9.17) is 10.8 Å². The Morgan fingerprint density at radius 2 is 1.43 bits per heavy atom. The average molecular weight is 609 g/mol. The zero-order chi connectivity index (χ0) is 31.1. The molecular weight excluding hydrogens is 572 g/mol. The first-order chi connectivity index (χ1) is 21.3. The number of sulfonamides is 1. The molecule has 0 atom stereocenters. The molecule has 44 heavy (non-hydrogen) atoms. The van der Waals surface area contributed by atoms with Crippen molar-refractivity contribution in [2.75, 3.05) is 6.54 Å². The van der Waals surface area contributed by atoms with Gasteiger partial charge in [0.15, 0.2) is 0 Å². The van der Waals surface area contributed by atoms with E-state index in [1.54, 1.807) is 18.2 Å². The highest BCUT2D eigenvalue weighted by atomic mass is 32.2. The predicted octanol–water partition coefficient (Wildman–Crippen LogP) is 5.80. The molecule has 226 valence electrons. The molecule has 5 rings (SSSR count). The van der Waals surface area contributed by atoms with Gasteiger partial charge < -0.3 is 5.73 Å². The van der Waals surface area contributed by atoms with Gasteiger partial charge in [-0.3, -0.25) is 9.59 Å². The summed E-state index contributed by atoms with van der Waals surface area (Å²) >= 11 is 0. The van der Waals surface area contributed by atoms with Gasteiger partial charge in [-0.25, -0.2) is 17.8 Å². The molecule has 0 radical (unpaired) electrons. The number of nitrogens with two attached hydrogens (primary N) is 1. The number of carbonyl (C=O) groups excluding carboxylic acids is 1. The molecule has 1 aromatic heterocycles. The van der Waals surface area contributed by atoms with Crippen LogP contribution in [0.25, 0.3) is 33.2 Å². The number of hydrogen-bond donors (Lipinski definition) is 2. The summed E-state index contributed by atoms with van der Waals surface area (Å²) in [7, 11) is -4.08. The fourth-order valence-electron chi connectivity index (χ4n) is 5.21. The van der Waals surface area contributed by atoms with Gasteiger partial charge in [-0.15, -0.1) is 0 Å². The molecule has 1 amide bonds. The summed E-state index contributed by atoms with van der Waals surface area (Å²) in [6.45, 7) is 2.87. The van der Waals surface area contributed by atoms with E-state index >= 15 is 0 Å². The Morgan fingerprint density at radius 1 is 0.795 bits per heavy atom. The van der Waals surface area contributed by atoms with Crippen LogP contribution in [0.4, 0.5) is 0 Å². The molecule has 3 N–H and O–H groups in total. The molecule has 0 aliphatic carbocycles. The van der Waals surface area contributed by atoms with Gasteiger partial charge in [0, 0.05) is 22.9 Å². The molecular formula is C35H36N4O4S. The molecule has 0 aliphatic rings. The van der Waals surface area contributed by atoms with Crippen LogP contribution in [0, 0.1) is 6.92 Å². The van der Waals surface area contributed by atoms with Crippen molar-refractivity contribution in [1.29, 1.82) is 0 Å². The summed E-state index contributed by atoms with van der Waals surface area (Å²) in [6.07, 6.45) is 3.35. The van der Waals surface area contributed by atoms with Crippen molar-refractivity contribution in [3.05, 3.63) is 119 Å². The summed E-state index contributed by atoms with van der Waals surface area (Å²) < 4.78 is 30.1. The lowest BCUT2D eigenvalue weighted by atomic mass is 10.0. The molecule has 8 nitrogen and oxygen atoms in total. The number of aryl methyl sites for hydroxylation is 1. The smallest absolute Gasteiger partial charge is 0.274 e. The highest BCUT2D eigenvalue weighted by Crippen LogP contribution is 2.28. The van der Waals surface area contributed by atoms with Gasteiger partial charge in [0.25, 0.3) is 15.6 Å². The van der Waals surface area contributed by atoms with Crippen LogP contribution in [0.5, 0.6) is 0 Å². The molecule has 0 aliphatic heterocycles. The van der Waals surface area contributed by atoms with Crippen molar-refractivity contribution in [2.45, 2.75) is 50.5 Å². The standard InChI is InChI=1S/C35H36N4O4S/c1-25-15-19-28(20-16-25)34-30-11-5-6-12-31(30)35(41)39(37-34)24-26-17-21-27(22-18-26)29-10-7-8-13-32(29)44(42,43)38-33(40)14-4-2-3-9-23-36/h5-8,10-13,15-22H,2-4,9,14,23-24,36H2,1H3,(H,38,40). The second kappa shape index (κ2) is 13.8. The van der Waals surface area contributed by atoms with Crippen LogP contribution in [0.3, 0.4) is 0 Å². The number of nitrogens with one attached hydrogen (secondary N) is 1. The number of benzene rings is 4. The van der Waals surface area contributed by atoms with Crippen LogP contribution in [0.15, 0.2) is 107 Å². The quantitative estimate of drug-likeness (QED) is 0.173. The van der Waals surface area contributed by atoms with E-state index in [1.807, 2.05) is 79.7 Å². The Balaban J connectivity index is 1.38. The minimum absolute atomic E-state index is 0.0272. The van der Waals surface area contributed by atoms with Crippen molar-refractivity contribution in [3.8, 4) is 22.4 Å². The first-order valence-corrected chi connectivity index (χ1v) is 16.3. The Morgan fingerprint density at radius 3 is 2.16 bits per heavy atom. The van der Waals surface area contributed by atoms with E-state index in [0.717, 1.165) is 47.0 Å². The van der Waals surface area contributed by atoms with E-state index in [2.05, 4.69) is 4.72 Å². The summed E-state index contributed by atoms with van der Waals surface area (Å²) in [4.78, 5) is 25.9. The van der Waals surface area contributed by atoms with Crippen LogP contribution in [0.2, 0.25) is 0 Å². The second-order valence-electron chi connectivity index (χ2n) is 10.9. The summed E-state index contributed by atoms with van der Waals surface area (Å²) in [5, 5.41) is 6.15. The van der Waals surface area contributed by atoms with Crippen molar-refractivity contribution in [3.63, 3.8) is 0 Å². The highest BCUT2D eigenvalue weighted by molar-refractivity contribution is 7.90. The Labute approximate surface area is 257 Å². The van der Waals surface area contributed by atoms with Crippen LogP contribution < -0.4 is 16.0 Å². The zero-order valence-electron chi connectivity index (χ0n) is 24.7. The van der Waals surface area contributed by atoms with Crippen molar-refractivity contribution < 1.29 is 13.2 Å². The van der Waals surface area contributed by atoms with Gasteiger partial charge in [0.1, 0.15) is 0 Å². The molecule has 4 aromatic carbocycles. The highest BCUT2D eigenvalue weighted by Gasteiger charge is 2.21. The van der Waals surface area contributed by atoms with E-state index in [0.29, 0.717) is 29.5 Å². The minimum atomic E-state index is -4.08. The van der Waals surface area contributed by atoms with E-state index < -0.39 is 15.9 Å². The molecule has 0 bridgehead atoms. The first kappa shape index (κ1) is 30.8. The third-order valence-corrected chi connectivity index (χ3v) is 9.00. The Bertz CT molecular complexity index is 1930. The van der Waals surface area contributed by atoms with Gasteiger partial charge in [-0.05, 0) is 49.6 Å². The number of unbranched alkanes of at least 4 members (excludes halogenated alkanes) is 3. The Hall–Kier alpha value is -4.60. The minimum Gasteiger partial charge on any atom is -0.330 e. The van der Waals surface area contributed by atoms with Gasteiger partial charge in [-0.1, -0.05) is 103 Å². The Kier molecular flexibility index (Phi) is 9.67. The van der Waals surface area contributed by atoms with Gasteiger partial charge >= 0.3 is 0 Å². The fourth-order valence-corrected chi connectivity index (χ4v) is 6.45. The zero-order valence-corrected chi connectivity index (χ0v) is 25.5. The van der Waals surface area contributed by atoms with Gasteiger partial charge in [0.05, 0.1) is 22.5 Å². The molecule has 0 fully saturated rings. The lowest BCUT2D eigenvalue weighted by molar-refractivity contribution is -0.119. The van der Waals surface area contributed by atoms with Crippen molar-refractivity contribution >= 4 is 26.7 Å². The SMILES string of the molecule is Cc1ccc(-c2nn(Cc3ccc(-c4ccccc4S(=O)(=O)NC(=O)CCCCCCN)cc3)c(=O)c3ccccc23)cc1. The lowest BCUT2D eigenvalue weighted by Gasteiger charge is -2.13. The fraction of sp³-hybridized carbons (Fsp3) is 0.229. The first-order valence-electron chi connectivity index (χ1n) is 14.8. The molecule has 0 saturated carbocycles. The number of aromatic nitrogens is 2. The van der Waals surface area contributed by atoms with E-state index in [9.17, 15) is 18.0 Å². The summed E-state index contributed by atoms with van der Waals surface area (Å²) in [5.74, 6) is -0.527. The molecule has 9 heteroatoms. The maximum atomic E-state index is 13.4. The molecule has 0 saturated heterocycles. The van der Waals surface area contributed by atoms with E-state index in [-0.39, 0.29) is 23.4 Å². The van der Waals surface area contributed by atoms with Crippen LogP contribution in [0.1, 0.15) is 43.2 Å². The predicted molar refractivity (Wildman–Crippen MR) is 175 cm³/mol. The number of amides is 1. The number of rotatable bonds is 12. The summed E-state index contributed by atoms with van der Waals surface area (Å²) in [6, 6.07) is 29.5. The third-order valence-electron chi connectivity index (χ3n) is 7.57. The van der Waals surface area contributed by atoms with Gasteiger partial charge in [-0.2, -0.15) is 5.10 Å². The van der Waals surface area contributed by atoms with Crippen LogP contribution >= 0.6 is 0 Å². The van der Waals surface area contributed by atoms with Crippen molar-refractivity contribution in [2.24, 2.45) is 5.73 Å². The van der Waals surface area contributed by atoms with Gasteiger partial charge in [0.2, 0.25) is 5.91 Å². The van der Waals surface area contributed by atoms with E-state index in [1.165, 1.54) is 10.7 Å². The maximum Gasteiger partial charge on any atom is 0.274 e. The number of nitrogens with zero attached hydrogens (tertiary/aromatic N) is 2. The number of carbonyl (C=O) groups is 1. The third kappa shape index (κ3) is 7.12. The molecule has 0 unspecified atom stereocenters. The number of hydrogen-bond acceptors (Lipinski definition) is 6. The topological polar surface area (TPSA) is 124 Å². The number of fused-ring (bicyclic) bond motifs is 1. The monoisotopic (exact) mass is 608 g/mol. The molecule has 1 heterocycles.